The van der Waals surface area contributed by atoms with Crippen LogP contribution in [0, 0.1) is 0 Å². The molecule has 0 aliphatic carbocycles. The Balaban J connectivity index is 1.79. The highest BCUT2D eigenvalue weighted by Gasteiger charge is 2.12. The zero-order valence-electron chi connectivity index (χ0n) is 12.7. The molecule has 1 atom stereocenters. The minimum absolute atomic E-state index is 0.103. The first-order valence-corrected chi connectivity index (χ1v) is 10.0. The van der Waals surface area contributed by atoms with Crippen LogP contribution in [-0.2, 0) is 9.59 Å². The highest BCUT2D eigenvalue weighted by atomic mass is 35.5. The average Bonchev–Trinajstić information content (AvgIpc) is 2.99. The summed E-state index contributed by atoms with van der Waals surface area (Å²) in [6, 6.07) is 7.25. The smallest absolute Gasteiger partial charge is 0.230 e. The van der Waals surface area contributed by atoms with E-state index >= 15 is 0 Å². The number of carbonyl (C=O) groups is 2. The Hall–Kier alpha value is -1.29. The third kappa shape index (κ3) is 6.31. The Kier molecular flexibility index (Phi) is 7.35. The van der Waals surface area contributed by atoms with Crippen LogP contribution in [-0.4, -0.2) is 33.5 Å². The van der Waals surface area contributed by atoms with Gasteiger partial charge >= 0.3 is 0 Å². The van der Waals surface area contributed by atoms with Crippen LogP contribution in [0.25, 0.3) is 0 Å². The van der Waals surface area contributed by atoms with Crippen LogP contribution in [0.1, 0.15) is 18.5 Å². The number of primary amides is 1. The fraction of sp³-hybridized carbons (Fsp3) is 0.286. The van der Waals surface area contributed by atoms with Crippen molar-refractivity contribution in [3.05, 3.63) is 34.9 Å². The summed E-state index contributed by atoms with van der Waals surface area (Å²) in [7, 11) is 0. The molecule has 0 aliphatic rings. The van der Waals surface area contributed by atoms with Crippen molar-refractivity contribution in [1.29, 1.82) is 0 Å². The van der Waals surface area contributed by atoms with E-state index in [0.717, 1.165) is 5.56 Å². The quantitative estimate of drug-likeness (QED) is 0.659. The fourth-order valence-electron chi connectivity index (χ4n) is 1.72. The van der Waals surface area contributed by atoms with E-state index < -0.39 is 5.91 Å². The van der Waals surface area contributed by atoms with E-state index in [0.29, 0.717) is 13.7 Å². The monoisotopic (exact) mass is 402 g/mol. The van der Waals surface area contributed by atoms with E-state index in [-0.39, 0.29) is 23.5 Å². The number of hydrogen-bond donors (Lipinski definition) is 2. The van der Waals surface area contributed by atoms with Gasteiger partial charge in [0.2, 0.25) is 11.8 Å². The SMILES string of the molecule is CC(NC(=O)CSc1nnc(SCC(N)=O)s1)c1cccc(Cl)c1. The van der Waals surface area contributed by atoms with Gasteiger partial charge in [-0.3, -0.25) is 9.59 Å². The number of nitrogens with zero attached hydrogens (tertiary/aromatic N) is 2. The molecule has 0 saturated carbocycles. The molecule has 2 rings (SSSR count). The molecule has 1 heterocycles. The largest absolute Gasteiger partial charge is 0.369 e. The van der Waals surface area contributed by atoms with E-state index in [1.54, 1.807) is 6.07 Å². The molecular weight excluding hydrogens is 388 g/mol. The van der Waals surface area contributed by atoms with Crippen LogP contribution in [0.5, 0.6) is 0 Å². The van der Waals surface area contributed by atoms with Gasteiger partial charge in [0.05, 0.1) is 17.5 Å². The lowest BCUT2D eigenvalue weighted by atomic mass is 10.1. The predicted octanol–water partition coefficient (Wildman–Crippen LogP) is 2.74. The highest BCUT2D eigenvalue weighted by molar-refractivity contribution is 8.03. The molecule has 0 fully saturated rings. The molecule has 3 N–H and O–H groups in total. The molecule has 10 heteroatoms. The molecule has 24 heavy (non-hydrogen) atoms. The highest BCUT2D eigenvalue weighted by Crippen LogP contribution is 2.28. The number of thioether (sulfide) groups is 2. The number of rotatable bonds is 8. The number of halogens is 1. The summed E-state index contributed by atoms with van der Waals surface area (Å²) >= 11 is 9.82. The van der Waals surface area contributed by atoms with Gasteiger partial charge in [-0.05, 0) is 24.6 Å². The van der Waals surface area contributed by atoms with Crippen molar-refractivity contribution in [2.75, 3.05) is 11.5 Å². The number of aromatic nitrogens is 2. The Bertz CT molecular complexity index is 726. The Morgan fingerprint density at radius 2 is 1.96 bits per heavy atom. The van der Waals surface area contributed by atoms with Gasteiger partial charge < -0.3 is 11.1 Å². The van der Waals surface area contributed by atoms with Crippen molar-refractivity contribution >= 4 is 58.3 Å². The molecule has 0 spiro atoms. The van der Waals surface area contributed by atoms with E-state index in [9.17, 15) is 9.59 Å². The van der Waals surface area contributed by atoms with Crippen LogP contribution in [0.4, 0.5) is 0 Å². The molecule has 2 amide bonds. The summed E-state index contributed by atoms with van der Waals surface area (Å²) in [5.74, 6) is -0.107. The number of nitrogens with two attached hydrogens (primary N) is 1. The van der Waals surface area contributed by atoms with Gasteiger partial charge in [-0.25, -0.2) is 0 Å². The first kappa shape index (κ1) is 19.0. The summed E-state index contributed by atoms with van der Waals surface area (Å²) in [4.78, 5) is 22.8. The lowest BCUT2D eigenvalue weighted by Gasteiger charge is -2.14. The minimum Gasteiger partial charge on any atom is -0.369 e. The summed E-state index contributed by atoms with van der Waals surface area (Å²) in [6.07, 6.45) is 0. The zero-order valence-corrected chi connectivity index (χ0v) is 15.9. The molecule has 128 valence electrons. The van der Waals surface area contributed by atoms with Crippen LogP contribution in [0.2, 0.25) is 5.02 Å². The first-order valence-electron chi connectivity index (χ1n) is 6.86. The molecule has 0 bridgehead atoms. The molecule has 0 radical (unpaired) electrons. The third-order valence-corrected chi connectivity index (χ3v) is 6.23. The summed E-state index contributed by atoms with van der Waals surface area (Å²) in [6.45, 7) is 1.90. The lowest BCUT2D eigenvalue weighted by Crippen LogP contribution is -2.28. The van der Waals surface area contributed by atoms with Crippen molar-refractivity contribution in [3.63, 3.8) is 0 Å². The third-order valence-electron chi connectivity index (χ3n) is 2.78. The van der Waals surface area contributed by atoms with Gasteiger partial charge in [0.25, 0.3) is 0 Å². The second kappa shape index (κ2) is 9.26. The van der Waals surface area contributed by atoms with Gasteiger partial charge in [0.15, 0.2) is 8.68 Å². The predicted molar refractivity (Wildman–Crippen MR) is 98.6 cm³/mol. The van der Waals surface area contributed by atoms with Gasteiger partial charge in [-0.15, -0.1) is 10.2 Å². The Labute approximate surface area is 156 Å². The molecular formula is C14H15ClN4O2S3. The molecule has 1 aromatic heterocycles. The van der Waals surface area contributed by atoms with Crippen LogP contribution in [0.3, 0.4) is 0 Å². The fourth-order valence-corrected chi connectivity index (χ4v) is 4.49. The van der Waals surface area contributed by atoms with E-state index in [4.69, 9.17) is 17.3 Å². The Morgan fingerprint density at radius 3 is 2.58 bits per heavy atom. The molecule has 6 nitrogen and oxygen atoms in total. The normalized spacial score (nSPS) is 11.9. The van der Waals surface area contributed by atoms with Crippen LogP contribution in [0.15, 0.2) is 32.9 Å². The zero-order chi connectivity index (χ0) is 17.5. The summed E-state index contributed by atoms with van der Waals surface area (Å²) < 4.78 is 1.33. The molecule has 0 saturated heterocycles. The van der Waals surface area contributed by atoms with Crippen LogP contribution < -0.4 is 11.1 Å². The maximum atomic E-state index is 12.0. The average molecular weight is 403 g/mol. The van der Waals surface area contributed by atoms with Gasteiger partial charge in [-0.1, -0.05) is 58.6 Å². The van der Waals surface area contributed by atoms with Gasteiger partial charge in [0, 0.05) is 5.02 Å². The molecule has 0 aliphatic heterocycles. The van der Waals surface area contributed by atoms with Crippen molar-refractivity contribution in [1.82, 2.24) is 15.5 Å². The minimum atomic E-state index is -0.404. The number of hydrogen-bond acceptors (Lipinski definition) is 7. The number of carbonyl (C=O) groups excluding carboxylic acids is 2. The van der Waals surface area contributed by atoms with Crippen LogP contribution >= 0.6 is 46.5 Å². The topological polar surface area (TPSA) is 98.0 Å². The molecule has 1 aromatic carbocycles. The van der Waals surface area contributed by atoms with Gasteiger partial charge in [0.1, 0.15) is 0 Å². The van der Waals surface area contributed by atoms with Crippen molar-refractivity contribution in [2.45, 2.75) is 21.6 Å². The second-order valence-corrected chi connectivity index (χ2v) is 8.58. The summed E-state index contributed by atoms with van der Waals surface area (Å²) in [5.41, 5.74) is 6.03. The summed E-state index contributed by atoms with van der Waals surface area (Å²) in [5, 5.41) is 11.5. The standard InChI is InChI=1S/C14H15ClN4O2S3/c1-8(9-3-2-4-10(15)5-9)17-12(21)7-23-14-19-18-13(24-14)22-6-11(16)20/h2-5,8H,6-7H2,1H3,(H2,16,20)(H,17,21). The maximum absolute atomic E-state index is 12.0. The van der Waals surface area contributed by atoms with E-state index in [1.165, 1.54) is 34.9 Å². The first-order chi connectivity index (χ1) is 11.4. The number of nitrogens with one attached hydrogen (secondary N) is 1. The lowest BCUT2D eigenvalue weighted by molar-refractivity contribution is -0.119. The second-order valence-electron chi connectivity index (χ2n) is 4.72. The number of benzene rings is 1. The van der Waals surface area contributed by atoms with Gasteiger partial charge in [-0.2, -0.15) is 0 Å². The Morgan fingerprint density at radius 1 is 1.29 bits per heavy atom. The van der Waals surface area contributed by atoms with E-state index in [2.05, 4.69) is 15.5 Å². The van der Waals surface area contributed by atoms with Crippen molar-refractivity contribution in [3.8, 4) is 0 Å². The molecule has 2 aromatic rings. The van der Waals surface area contributed by atoms with Crippen molar-refractivity contribution in [2.24, 2.45) is 5.73 Å². The van der Waals surface area contributed by atoms with Crippen molar-refractivity contribution < 1.29 is 9.59 Å². The van der Waals surface area contributed by atoms with E-state index in [1.807, 2.05) is 25.1 Å². The number of amides is 2. The maximum Gasteiger partial charge on any atom is 0.230 e. The molecule has 1 unspecified atom stereocenters.